The zero-order valence-corrected chi connectivity index (χ0v) is 9.48. The molecule has 6 heteroatoms. The molecule has 1 aromatic rings. The van der Waals surface area contributed by atoms with Gasteiger partial charge in [0, 0.05) is 4.47 Å². The molecule has 76 valence electrons. The zero-order valence-electron chi connectivity index (χ0n) is 7.90. The molecule has 0 aliphatic heterocycles. The number of nitrogens with one attached hydrogen (secondary N) is 1. The average molecular weight is 274 g/mol. The van der Waals surface area contributed by atoms with Gasteiger partial charge in [0.05, 0.1) is 11.3 Å². The monoisotopic (exact) mass is 273 g/mol. The first-order chi connectivity index (χ1) is 7.71. The van der Waals surface area contributed by atoms with E-state index in [0.717, 1.165) is 0 Å². The number of nitrogens with zero attached hydrogens (tertiary/aromatic N) is 4. The van der Waals surface area contributed by atoms with Gasteiger partial charge in [0.15, 0.2) is 0 Å². The molecular formula is C10H4BrN5. The molecule has 0 aliphatic carbocycles. The minimum absolute atomic E-state index is 0.276. The molecule has 0 radical (unpaired) electrons. The van der Waals surface area contributed by atoms with Crippen molar-refractivity contribution in [3.63, 3.8) is 0 Å². The normalized spacial score (nSPS) is 8.12. The lowest BCUT2D eigenvalue weighted by Gasteiger charge is -2.01. The van der Waals surface area contributed by atoms with Gasteiger partial charge in [0.2, 0.25) is 5.71 Å². The highest BCUT2D eigenvalue weighted by Gasteiger charge is 2.00. The summed E-state index contributed by atoms with van der Waals surface area (Å²) in [6.45, 7) is 0. The van der Waals surface area contributed by atoms with E-state index in [2.05, 4.69) is 26.5 Å². The summed E-state index contributed by atoms with van der Waals surface area (Å²) in [5.74, 6) is 0. The second kappa shape index (κ2) is 5.50. The van der Waals surface area contributed by atoms with Crippen molar-refractivity contribution in [2.75, 3.05) is 5.43 Å². The summed E-state index contributed by atoms with van der Waals surface area (Å²) in [6, 6.07) is 10.1. The van der Waals surface area contributed by atoms with Crippen LogP contribution in [-0.2, 0) is 0 Å². The molecule has 16 heavy (non-hydrogen) atoms. The summed E-state index contributed by atoms with van der Waals surface area (Å²) in [5.41, 5.74) is 3.21. The Morgan fingerprint density at radius 1 is 1.25 bits per heavy atom. The highest BCUT2D eigenvalue weighted by Crippen LogP contribution is 2.20. The number of hydrazone groups is 1. The molecule has 5 nitrogen and oxygen atoms in total. The van der Waals surface area contributed by atoms with Crippen LogP contribution in [0.1, 0.15) is 5.56 Å². The second-order valence-electron chi connectivity index (χ2n) is 2.60. The van der Waals surface area contributed by atoms with Gasteiger partial charge < -0.3 is 0 Å². The van der Waals surface area contributed by atoms with E-state index in [1.807, 2.05) is 6.07 Å². The maximum Gasteiger partial charge on any atom is 0.237 e. The van der Waals surface area contributed by atoms with Crippen molar-refractivity contribution in [2.45, 2.75) is 0 Å². The van der Waals surface area contributed by atoms with Crippen LogP contribution in [0.15, 0.2) is 27.8 Å². The van der Waals surface area contributed by atoms with Crippen molar-refractivity contribution < 1.29 is 0 Å². The summed E-state index contributed by atoms with van der Waals surface area (Å²) in [6.07, 6.45) is 0. The SMILES string of the molecule is N#CC(C#N)=NNc1ccc(Br)c(C#N)c1. The van der Waals surface area contributed by atoms with Gasteiger partial charge in [-0.15, -0.1) is 0 Å². The number of anilines is 1. The Kier molecular flexibility index (Phi) is 4.03. The molecule has 1 N–H and O–H groups in total. The largest absolute Gasteiger partial charge is 0.276 e. The highest BCUT2D eigenvalue weighted by molar-refractivity contribution is 9.10. The van der Waals surface area contributed by atoms with E-state index in [1.54, 1.807) is 30.3 Å². The van der Waals surface area contributed by atoms with Crippen LogP contribution in [0.5, 0.6) is 0 Å². The van der Waals surface area contributed by atoms with Crippen LogP contribution in [0.3, 0.4) is 0 Å². The molecule has 0 bridgehead atoms. The summed E-state index contributed by atoms with van der Waals surface area (Å²) >= 11 is 3.21. The van der Waals surface area contributed by atoms with Crippen LogP contribution < -0.4 is 5.43 Å². The quantitative estimate of drug-likeness (QED) is 0.660. The van der Waals surface area contributed by atoms with Crippen LogP contribution in [0.2, 0.25) is 0 Å². The van der Waals surface area contributed by atoms with E-state index >= 15 is 0 Å². The van der Waals surface area contributed by atoms with Crippen molar-refractivity contribution in [2.24, 2.45) is 5.10 Å². The minimum atomic E-state index is -0.276. The molecule has 0 atom stereocenters. The van der Waals surface area contributed by atoms with Gasteiger partial charge in [-0.1, -0.05) is 0 Å². The van der Waals surface area contributed by atoms with Gasteiger partial charge >= 0.3 is 0 Å². The van der Waals surface area contributed by atoms with Crippen LogP contribution in [0.4, 0.5) is 5.69 Å². The number of rotatable bonds is 2. The summed E-state index contributed by atoms with van der Waals surface area (Å²) < 4.78 is 0.672. The maximum absolute atomic E-state index is 8.76. The van der Waals surface area contributed by atoms with Crippen molar-refractivity contribution in [3.05, 3.63) is 28.2 Å². The van der Waals surface area contributed by atoms with Crippen molar-refractivity contribution >= 4 is 27.3 Å². The first-order valence-electron chi connectivity index (χ1n) is 4.05. The maximum atomic E-state index is 8.76. The Morgan fingerprint density at radius 2 is 1.94 bits per heavy atom. The summed E-state index contributed by atoms with van der Waals surface area (Å²) in [7, 11) is 0. The lowest BCUT2D eigenvalue weighted by molar-refractivity contribution is 1.33. The van der Waals surface area contributed by atoms with Crippen LogP contribution in [0.25, 0.3) is 0 Å². The van der Waals surface area contributed by atoms with Crippen LogP contribution in [0, 0.1) is 34.0 Å². The molecule has 0 heterocycles. The smallest absolute Gasteiger partial charge is 0.237 e. The molecule has 0 saturated carbocycles. The molecule has 1 rings (SSSR count). The third-order valence-corrected chi connectivity index (χ3v) is 2.29. The molecule has 0 amide bonds. The van der Waals surface area contributed by atoms with Gasteiger partial charge in [-0.3, -0.25) is 5.43 Å². The lowest BCUT2D eigenvalue weighted by Crippen LogP contribution is -1.96. The molecule has 1 aromatic carbocycles. The standard InChI is InChI=1S/C10H4BrN5/c11-10-2-1-8(3-7(10)4-12)15-16-9(5-13)6-14/h1-3,15H. The third kappa shape index (κ3) is 2.81. The fraction of sp³-hybridized carbons (Fsp3) is 0. The number of hydrogen-bond acceptors (Lipinski definition) is 5. The van der Waals surface area contributed by atoms with Gasteiger partial charge in [-0.2, -0.15) is 20.9 Å². The van der Waals surface area contributed by atoms with Crippen LogP contribution >= 0.6 is 15.9 Å². The van der Waals surface area contributed by atoms with Gasteiger partial charge in [0.1, 0.15) is 18.2 Å². The minimum Gasteiger partial charge on any atom is -0.276 e. The first-order valence-corrected chi connectivity index (χ1v) is 4.84. The molecule has 0 spiro atoms. The van der Waals surface area contributed by atoms with E-state index in [-0.39, 0.29) is 5.71 Å². The molecule has 0 unspecified atom stereocenters. The summed E-state index contributed by atoms with van der Waals surface area (Å²) in [4.78, 5) is 0. The van der Waals surface area contributed by atoms with E-state index in [1.165, 1.54) is 0 Å². The van der Waals surface area contributed by atoms with E-state index in [9.17, 15) is 0 Å². The number of benzene rings is 1. The molecule has 0 aromatic heterocycles. The molecule has 0 aliphatic rings. The van der Waals surface area contributed by atoms with Crippen molar-refractivity contribution in [1.82, 2.24) is 0 Å². The first kappa shape index (κ1) is 11.7. The topological polar surface area (TPSA) is 95.8 Å². The predicted molar refractivity (Wildman–Crippen MR) is 61.1 cm³/mol. The zero-order chi connectivity index (χ0) is 12.0. The second-order valence-corrected chi connectivity index (χ2v) is 3.46. The number of nitriles is 3. The Morgan fingerprint density at radius 3 is 2.50 bits per heavy atom. The van der Waals surface area contributed by atoms with E-state index < -0.39 is 0 Å². The fourth-order valence-electron chi connectivity index (χ4n) is 0.876. The fourth-order valence-corrected chi connectivity index (χ4v) is 1.21. The molecular weight excluding hydrogens is 270 g/mol. The van der Waals surface area contributed by atoms with Gasteiger partial charge in [-0.05, 0) is 34.1 Å². The van der Waals surface area contributed by atoms with Gasteiger partial charge in [0.25, 0.3) is 0 Å². The Hall–Kier alpha value is -2.36. The Balaban J connectivity index is 2.94. The van der Waals surface area contributed by atoms with E-state index in [0.29, 0.717) is 15.7 Å². The van der Waals surface area contributed by atoms with Crippen molar-refractivity contribution in [3.8, 4) is 18.2 Å². The van der Waals surface area contributed by atoms with E-state index in [4.69, 9.17) is 15.8 Å². The average Bonchev–Trinajstić information content (AvgIpc) is 2.32. The van der Waals surface area contributed by atoms with Crippen molar-refractivity contribution in [1.29, 1.82) is 15.8 Å². The third-order valence-electron chi connectivity index (χ3n) is 1.60. The summed E-state index contributed by atoms with van der Waals surface area (Å²) in [5, 5.41) is 29.2. The Bertz CT molecular complexity index is 540. The van der Waals surface area contributed by atoms with Crippen LogP contribution in [-0.4, -0.2) is 5.71 Å². The number of hydrogen-bond donors (Lipinski definition) is 1. The highest BCUT2D eigenvalue weighted by atomic mass is 79.9. The lowest BCUT2D eigenvalue weighted by atomic mass is 10.2. The predicted octanol–water partition coefficient (Wildman–Crippen LogP) is 2.14. The number of halogens is 1. The Labute approximate surface area is 100 Å². The van der Waals surface area contributed by atoms with Gasteiger partial charge in [-0.25, -0.2) is 0 Å². The molecule has 0 fully saturated rings. The molecule has 0 saturated heterocycles.